The van der Waals surface area contributed by atoms with E-state index in [-0.39, 0.29) is 5.91 Å². The van der Waals surface area contributed by atoms with E-state index in [4.69, 9.17) is 16.3 Å². The summed E-state index contributed by atoms with van der Waals surface area (Å²) < 4.78 is 5.67. The lowest BCUT2D eigenvalue weighted by Crippen LogP contribution is -2.14. The van der Waals surface area contributed by atoms with Crippen LogP contribution in [0.2, 0.25) is 5.02 Å². The highest BCUT2D eigenvalue weighted by Crippen LogP contribution is 2.24. The molecule has 2 rings (SSSR count). The van der Waals surface area contributed by atoms with Gasteiger partial charge in [0.05, 0.1) is 22.9 Å². The van der Waals surface area contributed by atoms with Gasteiger partial charge in [0.15, 0.2) is 0 Å². The van der Waals surface area contributed by atoms with Crippen LogP contribution in [0, 0.1) is 0 Å². The fourth-order valence-electron chi connectivity index (χ4n) is 1.86. The van der Waals surface area contributed by atoms with Gasteiger partial charge in [-0.05, 0) is 30.7 Å². The van der Waals surface area contributed by atoms with Crippen molar-refractivity contribution in [3.05, 3.63) is 59.1 Å². The number of benzene rings is 2. The zero-order valence-electron chi connectivity index (χ0n) is 11.9. The first kappa shape index (κ1) is 15.4. The van der Waals surface area contributed by atoms with Gasteiger partial charge in [-0.3, -0.25) is 4.79 Å². The Morgan fingerprint density at radius 1 is 1.14 bits per heavy atom. The number of ether oxygens (including phenoxy) is 1. The van der Waals surface area contributed by atoms with E-state index in [1.54, 1.807) is 24.3 Å². The van der Waals surface area contributed by atoms with E-state index < -0.39 is 0 Å². The van der Waals surface area contributed by atoms with Gasteiger partial charge in [-0.2, -0.15) is 0 Å². The topological polar surface area (TPSA) is 38.3 Å². The summed E-state index contributed by atoms with van der Waals surface area (Å²) in [6.07, 6.45) is 2.01. The summed E-state index contributed by atoms with van der Waals surface area (Å²) >= 11 is 6.05. The third-order valence-electron chi connectivity index (χ3n) is 3.01. The van der Waals surface area contributed by atoms with Gasteiger partial charge in [0, 0.05) is 0 Å². The SMILES string of the molecule is CCCCOc1ccccc1C(=O)Nc1ccccc1Cl. The van der Waals surface area contributed by atoms with Gasteiger partial charge in [0.25, 0.3) is 5.91 Å². The molecule has 4 heteroatoms. The minimum absolute atomic E-state index is 0.227. The Morgan fingerprint density at radius 3 is 2.62 bits per heavy atom. The van der Waals surface area contributed by atoms with E-state index in [1.165, 1.54) is 0 Å². The lowest BCUT2D eigenvalue weighted by Gasteiger charge is -2.12. The van der Waals surface area contributed by atoms with Crippen LogP contribution in [0.5, 0.6) is 5.75 Å². The molecule has 0 fully saturated rings. The molecule has 0 unspecified atom stereocenters. The molecule has 0 radical (unpaired) electrons. The Balaban J connectivity index is 2.13. The second kappa shape index (κ2) is 7.70. The maximum Gasteiger partial charge on any atom is 0.259 e. The van der Waals surface area contributed by atoms with Gasteiger partial charge in [0.2, 0.25) is 0 Å². The Bertz CT molecular complexity index is 613. The van der Waals surface area contributed by atoms with Crippen molar-refractivity contribution >= 4 is 23.2 Å². The largest absolute Gasteiger partial charge is 0.493 e. The molecule has 0 bridgehead atoms. The van der Waals surface area contributed by atoms with Crippen molar-refractivity contribution in [2.24, 2.45) is 0 Å². The quantitative estimate of drug-likeness (QED) is 0.781. The van der Waals surface area contributed by atoms with Crippen LogP contribution in [0.4, 0.5) is 5.69 Å². The molecule has 2 aromatic rings. The molecular formula is C17H18ClNO2. The van der Waals surface area contributed by atoms with Gasteiger partial charge >= 0.3 is 0 Å². The monoisotopic (exact) mass is 303 g/mol. The van der Waals surface area contributed by atoms with Crippen molar-refractivity contribution in [3.63, 3.8) is 0 Å². The van der Waals surface area contributed by atoms with E-state index in [1.807, 2.05) is 24.3 Å². The van der Waals surface area contributed by atoms with Crippen molar-refractivity contribution in [1.29, 1.82) is 0 Å². The van der Waals surface area contributed by atoms with Gasteiger partial charge in [-0.15, -0.1) is 0 Å². The van der Waals surface area contributed by atoms with Crippen LogP contribution in [0.1, 0.15) is 30.1 Å². The minimum Gasteiger partial charge on any atom is -0.493 e. The predicted molar refractivity (Wildman–Crippen MR) is 86.3 cm³/mol. The molecule has 0 saturated carbocycles. The van der Waals surface area contributed by atoms with E-state index in [0.29, 0.717) is 28.6 Å². The summed E-state index contributed by atoms with van der Waals surface area (Å²) in [7, 11) is 0. The van der Waals surface area contributed by atoms with Gasteiger partial charge < -0.3 is 10.1 Å². The standard InChI is InChI=1S/C17H18ClNO2/c1-2-3-12-21-16-11-7-4-8-13(16)17(20)19-15-10-6-5-9-14(15)18/h4-11H,2-3,12H2,1H3,(H,19,20). The van der Waals surface area contributed by atoms with Crippen LogP contribution in [-0.4, -0.2) is 12.5 Å². The number of hydrogen-bond donors (Lipinski definition) is 1. The molecule has 110 valence electrons. The molecule has 21 heavy (non-hydrogen) atoms. The number of anilines is 1. The summed E-state index contributed by atoms with van der Waals surface area (Å²) in [5.41, 5.74) is 1.10. The Morgan fingerprint density at radius 2 is 1.86 bits per heavy atom. The van der Waals surface area contributed by atoms with E-state index in [9.17, 15) is 4.79 Å². The normalized spacial score (nSPS) is 10.2. The van der Waals surface area contributed by atoms with Gasteiger partial charge in [0.1, 0.15) is 5.75 Å². The fourth-order valence-corrected chi connectivity index (χ4v) is 2.04. The number of halogens is 1. The Labute approximate surface area is 129 Å². The number of unbranched alkanes of at least 4 members (excludes halogenated alkanes) is 1. The number of rotatable bonds is 6. The molecule has 1 amide bonds. The van der Waals surface area contributed by atoms with Crippen molar-refractivity contribution < 1.29 is 9.53 Å². The average molecular weight is 304 g/mol. The highest BCUT2D eigenvalue weighted by molar-refractivity contribution is 6.33. The van der Waals surface area contributed by atoms with Gasteiger partial charge in [-0.25, -0.2) is 0 Å². The van der Waals surface area contributed by atoms with Gasteiger partial charge in [-0.1, -0.05) is 49.2 Å². The molecule has 0 aromatic heterocycles. The molecule has 0 atom stereocenters. The highest BCUT2D eigenvalue weighted by Gasteiger charge is 2.13. The van der Waals surface area contributed by atoms with E-state index in [0.717, 1.165) is 12.8 Å². The van der Waals surface area contributed by atoms with Crippen LogP contribution >= 0.6 is 11.6 Å². The number of carbonyl (C=O) groups is 1. The van der Waals surface area contributed by atoms with Crippen molar-refractivity contribution in [2.75, 3.05) is 11.9 Å². The second-order valence-corrected chi connectivity index (χ2v) is 5.04. The zero-order chi connectivity index (χ0) is 15.1. The summed E-state index contributed by atoms with van der Waals surface area (Å²) in [5, 5.41) is 3.32. The summed E-state index contributed by atoms with van der Waals surface area (Å²) in [4.78, 5) is 12.4. The first-order valence-corrected chi connectivity index (χ1v) is 7.38. The first-order chi connectivity index (χ1) is 10.2. The summed E-state index contributed by atoms with van der Waals surface area (Å²) in [6, 6.07) is 14.4. The lowest BCUT2D eigenvalue weighted by atomic mass is 10.2. The summed E-state index contributed by atoms with van der Waals surface area (Å²) in [5.74, 6) is 0.366. The minimum atomic E-state index is -0.227. The van der Waals surface area contributed by atoms with Crippen LogP contribution in [-0.2, 0) is 0 Å². The lowest BCUT2D eigenvalue weighted by molar-refractivity contribution is 0.102. The number of hydrogen-bond acceptors (Lipinski definition) is 2. The van der Waals surface area contributed by atoms with Crippen molar-refractivity contribution in [1.82, 2.24) is 0 Å². The summed E-state index contributed by atoms with van der Waals surface area (Å²) in [6.45, 7) is 2.70. The Hall–Kier alpha value is -2.00. The third-order valence-corrected chi connectivity index (χ3v) is 3.34. The van der Waals surface area contributed by atoms with Crippen LogP contribution in [0.25, 0.3) is 0 Å². The molecule has 2 aromatic carbocycles. The molecule has 1 N–H and O–H groups in total. The highest BCUT2D eigenvalue weighted by atomic mass is 35.5. The smallest absolute Gasteiger partial charge is 0.259 e. The zero-order valence-corrected chi connectivity index (χ0v) is 12.7. The number of amides is 1. The van der Waals surface area contributed by atoms with Crippen molar-refractivity contribution in [2.45, 2.75) is 19.8 Å². The van der Waals surface area contributed by atoms with Crippen LogP contribution in [0.15, 0.2) is 48.5 Å². The maximum atomic E-state index is 12.4. The molecule has 3 nitrogen and oxygen atoms in total. The second-order valence-electron chi connectivity index (χ2n) is 4.63. The molecular weight excluding hydrogens is 286 g/mol. The fraction of sp³-hybridized carbons (Fsp3) is 0.235. The molecule has 0 spiro atoms. The van der Waals surface area contributed by atoms with Crippen molar-refractivity contribution in [3.8, 4) is 5.75 Å². The molecule has 0 aliphatic rings. The molecule has 0 aliphatic carbocycles. The molecule has 0 aliphatic heterocycles. The van der Waals surface area contributed by atoms with E-state index in [2.05, 4.69) is 12.2 Å². The molecule has 0 saturated heterocycles. The maximum absolute atomic E-state index is 12.4. The molecule has 0 heterocycles. The number of carbonyl (C=O) groups excluding carboxylic acids is 1. The predicted octanol–water partition coefficient (Wildman–Crippen LogP) is 4.77. The van der Waals surface area contributed by atoms with E-state index >= 15 is 0 Å². The average Bonchev–Trinajstić information content (AvgIpc) is 2.50. The number of nitrogens with one attached hydrogen (secondary N) is 1. The number of para-hydroxylation sites is 2. The third kappa shape index (κ3) is 4.23. The van der Waals surface area contributed by atoms with Crippen LogP contribution < -0.4 is 10.1 Å². The first-order valence-electron chi connectivity index (χ1n) is 7.00. The Kier molecular flexibility index (Phi) is 5.64. The van der Waals surface area contributed by atoms with Crippen LogP contribution in [0.3, 0.4) is 0 Å².